The molecular weight excluding hydrogens is 268 g/mol. The molecule has 2 aromatic heterocycles. The molecule has 2 atom stereocenters. The summed E-state index contributed by atoms with van der Waals surface area (Å²) >= 11 is 0. The van der Waals surface area contributed by atoms with Gasteiger partial charge in [-0.05, 0) is 18.3 Å². The van der Waals surface area contributed by atoms with E-state index in [4.69, 9.17) is 0 Å². The smallest absolute Gasteiger partial charge is 0.225 e. The first kappa shape index (κ1) is 12.4. The van der Waals surface area contributed by atoms with E-state index >= 15 is 0 Å². The summed E-state index contributed by atoms with van der Waals surface area (Å²) in [5.41, 5.74) is 1.33. The second-order valence-electron chi connectivity index (χ2n) is 5.91. The van der Waals surface area contributed by atoms with Crippen LogP contribution in [0.15, 0.2) is 18.6 Å². The lowest BCUT2D eigenvalue weighted by atomic mass is 10.3. The second-order valence-corrected chi connectivity index (χ2v) is 5.91. The summed E-state index contributed by atoms with van der Waals surface area (Å²) < 4.78 is 1.63. The molecule has 0 bridgehead atoms. The van der Waals surface area contributed by atoms with Crippen LogP contribution in [0.3, 0.4) is 0 Å². The minimum absolute atomic E-state index is 0.0829. The van der Waals surface area contributed by atoms with Gasteiger partial charge in [0, 0.05) is 38.0 Å². The number of nitrogens with zero attached hydrogens (tertiary/aromatic N) is 6. The van der Waals surface area contributed by atoms with Gasteiger partial charge in [0.2, 0.25) is 5.95 Å². The normalized spacial score (nSPS) is 23.2. The van der Waals surface area contributed by atoms with Crippen molar-refractivity contribution in [2.24, 2.45) is 11.8 Å². The summed E-state index contributed by atoms with van der Waals surface area (Å²) in [7, 11) is 0. The lowest BCUT2D eigenvalue weighted by Gasteiger charge is -2.17. The molecule has 3 heterocycles. The average Bonchev–Trinajstić information content (AvgIpc) is 2.90. The third-order valence-corrected chi connectivity index (χ3v) is 4.20. The first-order valence-electron chi connectivity index (χ1n) is 7.16. The molecular formula is C14H16N6O. The fourth-order valence-corrected chi connectivity index (χ4v) is 2.88. The zero-order valence-electron chi connectivity index (χ0n) is 11.8. The van der Waals surface area contributed by atoms with Gasteiger partial charge in [-0.1, -0.05) is 5.21 Å². The largest absolute Gasteiger partial charge is 0.340 e. The van der Waals surface area contributed by atoms with E-state index in [9.17, 15) is 4.79 Å². The van der Waals surface area contributed by atoms with Crippen molar-refractivity contribution in [2.75, 3.05) is 18.0 Å². The Kier molecular flexibility index (Phi) is 2.73. The molecule has 2 aromatic rings. The Labute approximate surface area is 122 Å². The van der Waals surface area contributed by atoms with Crippen LogP contribution in [0.25, 0.3) is 0 Å². The van der Waals surface area contributed by atoms with Gasteiger partial charge in [0.25, 0.3) is 0 Å². The van der Waals surface area contributed by atoms with E-state index in [2.05, 4.69) is 25.2 Å². The third kappa shape index (κ3) is 2.39. The van der Waals surface area contributed by atoms with E-state index in [1.165, 1.54) is 13.3 Å². The molecule has 2 fully saturated rings. The van der Waals surface area contributed by atoms with Crippen LogP contribution in [0, 0.1) is 11.8 Å². The number of piperidine rings is 1. The number of ketones is 1. The van der Waals surface area contributed by atoms with Crippen LogP contribution in [-0.4, -0.2) is 43.8 Å². The zero-order valence-corrected chi connectivity index (χ0v) is 11.8. The van der Waals surface area contributed by atoms with Crippen molar-refractivity contribution in [3.63, 3.8) is 0 Å². The van der Waals surface area contributed by atoms with Gasteiger partial charge in [-0.2, -0.15) is 0 Å². The number of fused-ring (bicyclic) bond motifs is 1. The van der Waals surface area contributed by atoms with Crippen LogP contribution >= 0.6 is 0 Å². The molecule has 0 radical (unpaired) electrons. The minimum Gasteiger partial charge on any atom is -0.340 e. The molecule has 0 aromatic carbocycles. The summed E-state index contributed by atoms with van der Waals surface area (Å²) in [6.45, 7) is 4.18. The number of anilines is 1. The number of hydrogen-bond acceptors (Lipinski definition) is 6. The summed E-state index contributed by atoms with van der Waals surface area (Å²) in [6.07, 6.45) is 6.66. The van der Waals surface area contributed by atoms with Crippen molar-refractivity contribution in [3.8, 4) is 0 Å². The Morgan fingerprint density at radius 3 is 2.62 bits per heavy atom. The maximum atomic E-state index is 11.2. The van der Waals surface area contributed by atoms with Crippen LogP contribution in [0.4, 0.5) is 5.95 Å². The quantitative estimate of drug-likeness (QED) is 0.772. The van der Waals surface area contributed by atoms with E-state index in [1.807, 2.05) is 12.4 Å². The predicted octanol–water partition coefficient (Wildman–Crippen LogP) is 0.775. The summed E-state index contributed by atoms with van der Waals surface area (Å²) in [5.74, 6) is 2.47. The monoisotopic (exact) mass is 284 g/mol. The standard InChI is InChI=1S/C14H16N6O/c1-9(21)13-8-20(18-17-13)5-10-3-15-14(16-4-10)19-6-11-2-12(11)7-19/h3-4,8,11-12H,2,5-7H2,1H3. The van der Waals surface area contributed by atoms with Crippen molar-refractivity contribution < 1.29 is 4.79 Å². The van der Waals surface area contributed by atoms with Crippen molar-refractivity contribution in [2.45, 2.75) is 19.9 Å². The number of carbonyl (C=O) groups is 1. The summed E-state index contributed by atoms with van der Waals surface area (Å²) in [6, 6.07) is 0. The van der Waals surface area contributed by atoms with Gasteiger partial charge in [-0.25, -0.2) is 14.6 Å². The molecule has 7 heteroatoms. The molecule has 108 valence electrons. The number of Topliss-reactive ketones (excluding diaryl/α,β-unsaturated/α-hetero) is 1. The molecule has 2 unspecified atom stereocenters. The average molecular weight is 284 g/mol. The van der Waals surface area contributed by atoms with Gasteiger partial charge >= 0.3 is 0 Å². The minimum atomic E-state index is -0.0829. The molecule has 1 aliphatic carbocycles. The van der Waals surface area contributed by atoms with Crippen molar-refractivity contribution in [1.29, 1.82) is 0 Å². The van der Waals surface area contributed by atoms with Gasteiger partial charge in [0.15, 0.2) is 5.78 Å². The lowest BCUT2D eigenvalue weighted by Crippen LogP contribution is -2.24. The lowest BCUT2D eigenvalue weighted by molar-refractivity contribution is 0.101. The van der Waals surface area contributed by atoms with Gasteiger partial charge in [-0.15, -0.1) is 5.10 Å². The molecule has 1 aliphatic heterocycles. The van der Waals surface area contributed by atoms with Crippen molar-refractivity contribution in [1.82, 2.24) is 25.0 Å². The molecule has 0 amide bonds. The van der Waals surface area contributed by atoms with Crippen molar-refractivity contribution >= 4 is 11.7 Å². The number of aromatic nitrogens is 5. The Hall–Kier alpha value is -2.31. The maximum Gasteiger partial charge on any atom is 0.225 e. The molecule has 2 aliphatic rings. The predicted molar refractivity (Wildman–Crippen MR) is 75.0 cm³/mol. The number of rotatable bonds is 4. The Bertz CT molecular complexity index is 669. The molecule has 7 nitrogen and oxygen atoms in total. The van der Waals surface area contributed by atoms with E-state index < -0.39 is 0 Å². The first-order valence-corrected chi connectivity index (χ1v) is 7.16. The van der Waals surface area contributed by atoms with Gasteiger partial charge in [0.1, 0.15) is 5.69 Å². The van der Waals surface area contributed by atoms with Crippen LogP contribution < -0.4 is 4.90 Å². The fourth-order valence-electron chi connectivity index (χ4n) is 2.88. The van der Waals surface area contributed by atoms with E-state index in [0.717, 1.165) is 36.4 Å². The van der Waals surface area contributed by atoms with E-state index in [1.54, 1.807) is 10.9 Å². The molecule has 21 heavy (non-hydrogen) atoms. The highest BCUT2D eigenvalue weighted by molar-refractivity contribution is 5.91. The molecule has 1 saturated heterocycles. The highest BCUT2D eigenvalue weighted by atomic mass is 16.1. The second kappa shape index (κ2) is 4.61. The molecule has 0 N–H and O–H groups in total. The highest BCUT2D eigenvalue weighted by Crippen LogP contribution is 2.45. The van der Waals surface area contributed by atoms with E-state index in [-0.39, 0.29) is 5.78 Å². The van der Waals surface area contributed by atoms with Gasteiger partial charge in [-0.3, -0.25) is 4.79 Å². The van der Waals surface area contributed by atoms with Crippen LogP contribution in [0.2, 0.25) is 0 Å². The van der Waals surface area contributed by atoms with Gasteiger partial charge in [0.05, 0.1) is 12.7 Å². The number of carbonyl (C=O) groups excluding carboxylic acids is 1. The third-order valence-electron chi connectivity index (χ3n) is 4.20. The van der Waals surface area contributed by atoms with Crippen molar-refractivity contribution in [3.05, 3.63) is 29.8 Å². The fraction of sp³-hybridized carbons (Fsp3) is 0.500. The Balaban J connectivity index is 1.44. The Morgan fingerprint density at radius 2 is 2.00 bits per heavy atom. The maximum absolute atomic E-state index is 11.2. The zero-order chi connectivity index (χ0) is 14.4. The SMILES string of the molecule is CC(=O)c1cn(Cc2cnc(N3CC4CC4C3)nc2)nn1. The van der Waals surface area contributed by atoms with Crippen LogP contribution in [0.1, 0.15) is 29.4 Å². The van der Waals surface area contributed by atoms with E-state index in [0.29, 0.717) is 12.2 Å². The Morgan fingerprint density at radius 1 is 1.29 bits per heavy atom. The molecule has 1 saturated carbocycles. The number of hydrogen-bond donors (Lipinski definition) is 0. The highest BCUT2D eigenvalue weighted by Gasteiger charge is 2.45. The summed E-state index contributed by atoms with van der Waals surface area (Å²) in [5, 5.41) is 7.75. The van der Waals surface area contributed by atoms with Gasteiger partial charge < -0.3 is 4.90 Å². The van der Waals surface area contributed by atoms with Crippen LogP contribution in [-0.2, 0) is 6.54 Å². The van der Waals surface area contributed by atoms with Crippen LogP contribution in [0.5, 0.6) is 0 Å². The first-order chi connectivity index (χ1) is 10.2. The topological polar surface area (TPSA) is 76.8 Å². The molecule has 0 spiro atoms. The summed E-state index contributed by atoms with van der Waals surface area (Å²) in [4.78, 5) is 22.3. The molecule has 4 rings (SSSR count).